The topological polar surface area (TPSA) is 62.4 Å². The van der Waals surface area contributed by atoms with Crippen molar-refractivity contribution in [3.8, 4) is 11.5 Å². The third kappa shape index (κ3) is 3.33. The monoisotopic (exact) mass is 351 g/mol. The molecule has 1 aromatic carbocycles. The van der Waals surface area contributed by atoms with E-state index in [-0.39, 0.29) is 6.10 Å². The van der Waals surface area contributed by atoms with Crippen molar-refractivity contribution in [3.05, 3.63) is 34.6 Å². The van der Waals surface area contributed by atoms with Crippen LogP contribution in [0.2, 0.25) is 0 Å². The third-order valence-corrected chi connectivity index (χ3v) is 4.62. The van der Waals surface area contributed by atoms with Crippen LogP contribution in [-0.4, -0.2) is 39.4 Å². The van der Waals surface area contributed by atoms with Gasteiger partial charge in [0.2, 0.25) is 11.8 Å². The molecule has 112 valence electrons. The summed E-state index contributed by atoms with van der Waals surface area (Å²) < 4.78 is 6.67. The zero-order valence-electron chi connectivity index (χ0n) is 11.9. The molecule has 1 N–H and O–H groups in total. The predicted molar refractivity (Wildman–Crippen MR) is 82.5 cm³/mol. The molecule has 0 spiro atoms. The Bertz CT molecular complexity index is 616. The summed E-state index contributed by atoms with van der Waals surface area (Å²) in [5.41, 5.74) is 0.892. The molecule has 2 heterocycles. The van der Waals surface area contributed by atoms with Crippen LogP contribution < -0.4 is 0 Å². The van der Waals surface area contributed by atoms with Gasteiger partial charge in [-0.3, -0.25) is 4.90 Å². The number of halogens is 1. The maximum atomic E-state index is 9.93. The molecular formula is C15H18BrN3O2. The van der Waals surface area contributed by atoms with Crippen molar-refractivity contribution >= 4 is 15.9 Å². The summed E-state index contributed by atoms with van der Waals surface area (Å²) in [6.07, 6.45) is 0.719. The van der Waals surface area contributed by atoms with Crippen LogP contribution in [-0.2, 0) is 6.54 Å². The van der Waals surface area contributed by atoms with Crippen molar-refractivity contribution in [1.82, 2.24) is 15.1 Å². The average molecular weight is 352 g/mol. The summed E-state index contributed by atoms with van der Waals surface area (Å²) in [5, 5.41) is 18.2. The zero-order chi connectivity index (χ0) is 14.8. The Morgan fingerprint density at radius 2 is 2.19 bits per heavy atom. The summed E-state index contributed by atoms with van der Waals surface area (Å²) in [5.74, 6) is 1.46. The van der Waals surface area contributed by atoms with Crippen molar-refractivity contribution in [2.24, 2.45) is 5.92 Å². The number of aliphatic hydroxyl groups is 1. The zero-order valence-corrected chi connectivity index (χ0v) is 13.5. The smallest absolute Gasteiger partial charge is 0.248 e. The molecule has 1 saturated heterocycles. The highest BCUT2D eigenvalue weighted by Gasteiger charge is 2.25. The van der Waals surface area contributed by atoms with E-state index in [0.717, 1.165) is 23.0 Å². The summed E-state index contributed by atoms with van der Waals surface area (Å²) in [4.78, 5) is 2.15. The molecule has 2 atom stereocenters. The van der Waals surface area contributed by atoms with Crippen LogP contribution in [0.4, 0.5) is 0 Å². The number of hydrogen-bond acceptors (Lipinski definition) is 5. The molecular weight excluding hydrogens is 334 g/mol. The number of rotatable bonds is 3. The van der Waals surface area contributed by atoms with E-state index in [9.17, 15) is 5.11 Å². The Balaban J connectivity index is 1.70. The summed E-state index contributed by atoms with van der Waals surface area (Å²) in [6, 6.07) is 7.77. The molecule has 5 nitrogen and oxygen atoms in total. The van der Waals surface area contributed by atoms with Gasteiger partial charge >= 0.3 is 0 Å². The lowest BCUT2D eigenvalue weighted by atomic mass is 9.96. The van der Waals surface area contributed by atoms with Crippen molar-refractivity contribution in [3.63, 3.8) is 0 Å². The molecule has 1 fully saturated rings. The molecule has 0 saturated carbocycles. The first-order chi connectivity index (χ1) is 10.1. The molecule has 0 aliphatic carbocycles. The van der Waals surface area contributed by atoms with Crippen molar-refractivity contribution < 1.29 is 9.52 Å². The van der Waals surface area contributed by atoms with Crippen LogP contribution in [0, 0.1) is 5.92 Å². The first-order valence-corrected chi connectivity index (χ1v) is 7.90. The largest absolute Gasteiger partial charge is 0.419 e. The standard InChI is InChI=1S/C15H18BrN3O2/c1-10-6-7-19(8-13(10)20)9-14-17-18-15(21-14)11-4-2-3-5-12(11)16/h2-5,10,13,20H,6-9H2,1H3. The minimum absolute atomic E-state index is 0.274. The Hall–Kier alpha value is -1.24. The summed E-state index contributed by atoms with van der Waals surface area (Å²) >= 11 is 3.48. The fourth-order valence-corrected chi connectivity index (χ4v) is 2.96. The maximum Gasteiger partial charge on any atom is 0.248 e. The number of nitrogens with zero attached hydrogens (tertiary/aromatic N) is 3. The number of benzene rings is 1. The number of hydrogen-bond donors (Lipinski definition) is 1. The van der Waals surface area contributed by atoms with E-state index < -0.39 is 0 Å². The first kappa shape index (κ1) is 14.7. The molecule has 1 aliphatic heterocycles. The normalized spacial score (nSPS) is 23.4. The Labute approximate surface area is 132 Å². The number of aliphatic hydroxyl groups excluding tert-OH is 1. The SMILES string of the molecule is CC1CCN(Cc2nnc(-c3ccccc3Br)o2)CC1O. The second-order valence-corrected chi connectivity index (χ2v) is 6.40. The minimum atomic E-state index is -0.274. The lowest BCUT2D eigenvalue weighted by Gasteiger charge is -2.33. The van der Waals surface area contributed by atoms with Crippen LogP contribution in [0.1, 0.15) is 19.2 Å². The molecule has 2 unspecified atom stereocenters. The highest BCUT2D eigenvalue weighted by atomic mass is 79.9. The van der Waals surface area contributed by atoms with E-state index in [1.165, 1.54) is 0 Å². The van der Waals surface area contributed by atoms with E-state index in [2.05, 4.69) is 38.0 Å². The average Bonchev–Trinajstić information content (AvgIpc) is 2.92. The van der Waals surface area contributed by atoms with Gasteiger partial charge in [0.25, 0.3) is 0 Å². The number of aromatic nitrogens is 2. The molecule has 0 radical (unpaired) electrons. The second kappa shape index (κ2) is 6.25. The molecule has 2 aromatic rings. The lowest BCUT2D eigenvalue weighted by molar-refractivity contribution is 0.0228. The van der Waals surface area contributed by atoms with E-state index >= 15 is 0 Å². The van der Waals surface area contributed by atoms with E-state index in [0.29, 0.717) is 30.8 Å². The van der Waals surface area contributed by atoms with E-state index in [1.54, 1.807) is 0 Å². The van der Waals surface area contributed by atoms with Gasteiger partial charge in [-0.2, -0.15) is 0 Å². The molecule has 1 aromatic heterocycles. The Morgan fingerprint density at radius 3 is 2.95 bits per heavy atom. The van der Waals surface area contributed by atoms with E-state index in [1.807, 2.05) is 24.3 Å². The molecule has 6 heteroatoms. The van der Waals surface area contributed by atoms with Gasteiger partial charge in [0.15, 0.2) is 0 Å². The summed E-state index contributed by atoms with van der Waals surface area (Å²) in [6.45, 7) is 4.28. The maximum absolute atomic E-state index is 9.93. The van der Waals surface area contributed by atoms with Gasteiger partial charge < -0.3 is 9.52 Å². The predicted octanol–water partition coefficient (Wildman–Crippen LogP) is 2.70. The fourth-order valence-electron chi connectivity index (χ4n) is 2.51. The van der Waals surface area contributed by atoms with Crippen LogP contribution in [0.5, 0.6) is 0 Å². The lowest BCUT2D eigenvalue weighted by Crippen LogP contribution is -2.42. The van der Waals surface area contributed by atoms with Crippen molar-refractivity contribution in [1.29, 1.82) is 0 Å². The van der Waals surface area contributed by atoms with Gasteiger partial charge in [-0.15, -0.1) is 10.2 Å². The Morgan fingerprint density at radius 1 is 1.38 bits per heavy atom. The van der Waals surface area contributed by atoms with E-state index in [4.69, 9.17) is 4.42 Å². The number of piperidine rings is 1. The third-order valence-electron chi connectivity index (χ3n) is 3.93. The van der Waals surface area contributed by atoms with Gasteiger partial charge in [-0.25, -0.2) is 0 Å². The van der Waals surface area contributed by atoms with Gasteiger partial charge in [0.05, 0.1) is 18.2 Å². The summed E-state index contributed by atoms with van der Waals surface area (Å²) in [7, 11) is 0. The molecule has 0 amide bonds. The van der Waals surface area contributed by atoms with Crippen LogP contribution in [0.15, 0.2) is 33.2 Å². The van der Waals surface area contributed by atoms with Gasteiger partial charge in [-0.1, -0.05) is 19.1 Å². The second-order valence-electron chi connectivity index (χ2n) is 5.55. The van der Waals surface area contributed by atoms with Crippen LogP contribution >= 0.6 is 15.9 Å². The highest BCUT2D eigenvalue weighted by Crippen LogP contribution is 2.27. The molecule has 21 heavy (non-hydrogen) atoms. The van der Waals surface area contributed by atoms with Gasteiger partial charge in [-0.05, 0) is 46.9 Å². The minimum Gasteiger partial charge on any atom is -0.419 e. The first-order valence-electron chi connectivity index (χ1n) is 7.11. The fraction of sp³-hybridized carbons (Fsp3) is 0.467. The number of β-amino-alcohol motifs (C(OH)–C–C–N with tert-alkyl or cyclic N) is 1. The highest BCUT2D eigenvalue weighted by molar-refractivity contribution is 9.10. The van der Waals surface area contributed by atoms with Crippen LogP contribution in [0.3, 0.4) is 0 Å². The van der Waals surface area contributed by atoms with Gasteiger partial charge in [0, 0.05) is 11.0 Å². The molecule has 3 rings (SSSR count). The van der Waals surface area contributed by atoms with Gasteiger partial charge in [0.1, 0.15) is 0 Å². The molecule has 1 aliphatic rings. The Kier molecular flexibility index (Phi) is 4.37. The molecule has 0 bridgehead atoms. The number of likely N-dealkylation sites (tertiary alicyclic amines) is 1. The van der Waals surface area contributed by atoms with Crippen molar-refractivity contribution in [2.45, 2.75) is 26.0 Å². The van der Waals surface area contributed by atoms with Crippen molar-refractivity contribution in [2.75, 3.05) is 13.1 Å². The quantitative estimate of drug-likeness (QED) is 0.920. The van der Waals surface area contributed by atoms with Crippen LogP contribution in [0.25, 0.3) is 11.5 Å².